The lowest BCUT2D eigenvalue weighted by Gasteiger charge is -2.27. The van der Waals surface area contributed by atoms with Crippen LogP contribution in [0.1, 0.15) is 18.9 Å². The number of para-hydroxylation sites is 1. The van der Waals surface area contributed by atoms with Gasteiger partial charge in [0, 0.05) is 0 Å². The van der Waals surface area contributed by atoms with Crippen molar-refractivity contribution in [3.05, 3.63) is 35.9 Å². The van der Waals surface area contributed by atoms with E-state index >= 15 is 0 Å². The molecule has 0 N–H and O–H groups in total. The molecule has 0 spiro atoms. The average molecular weight is 204 g/mol. The molecule has 1 aromatic rings. The van der Waals surface area contributed by atoms with Gasteiger partial charge in [0.2, 0.25) is 0 Å². The third-order valence-electron chi connectivity index (χ3n) is 2.77. The lowest BCUT2D eigenvalue weighted by Crippen LogP contribution is -2.23. The zero-order valence-corrected chi connectivity index (χ0v) is 9.25. The minimum absolute atomic E-state index is 0.133. The van der Waals surface area contributed by atoms with Gasteiger partial charge < -0.3 is 9.47 Å². The van der Waals surface area contributed by atoms with Crippen LogP contribution in [0.25, 0.3) is 0 Å². The summed E-state index contributed by atoms with van der Waals surface area (Å²) in [5.41, 5.74) is 2.30. The summed E-state index contributed by atoms with van der Waals surface area (Å²) in [6.45, 7) is 5.95. The number of hydrogen-bond acceptors (Lipinski definition) is 2. The molecular formula is C13H16O2. The summed E-state index contributed by atoms with van der Waals surface area (Å²) in [6, 6.07) is 6.02. The fourth-order valence-electron chi connectivity index (χ4n) is 1.89. The molecular weight excluding hydrogens is 188 g/mol. The summed E-state index contributed by atoms with van der Waals surface area (Å²) in [7, 11) is 1.67. The number of benzene rings is 1. The molecule has 80 valence electrons. The molecule has 0 amide bonds. The Labute approximate surface area is 90.5 Å². The summed E-state index contributed by atoms with van der Waals surface area (Å²) in [4.78, 5) is 0. The van der Waals surface area contributed by atoms with Gasteiger partial charge >= 0.3 is 0 Å². The largest absolute Gasteiger partial charge is 0.493 e. The van der Waals surface area contributed by atoms with Crippen LogP contribution in [0.2, 0.25) is 0 Å². The number of methoxy groups -OCH3 is 1. The first-order valence-corrected chi connectivity index (χ1v) is 5.20. The van der Waals surface area contributed by atoms with Crippen molar-refractivity contribution in [3.8, 4) is 11.5 Å². The number of aryl methyl sites for hydroxylation is 1. The van der Waals surface area contributed by atoms with Crippen LogP contribution in [0.4, 0.5) is 0 Å². The van der Waals surface area contributed by atoms with Gasteiger partial charge in [-0.25, -0.2) is 0 Å². The topological polar surface area (TPSA) is 18.5 Å². The maximum Gasteiger partial charge on any atom is 0.165 e. The zero-order valence-electron chi connectivity index (χ0n) is 9.25. The predicted octanol–water partition coefficient (Wildman–Crippen LogP) is 2.96. The fourth-order valence-corrected chi connectivity index (χ4v) is 1.89. The van der Waals surface area contributed by atoms with Crippen LogP contribution in [-0.2, 0) is 6.42 Å². The first-order chi connectivity index (χ1) is 7.22. The molecule has 2 nitrogen and oxygen atoms in total. The van der Waals surface area contributed by atoms with Crippen LogP contribution in [0.5, 0.6) is 11.5 Å². The van der Waals surface area contributed by atoms with Gasteiger partial charge in [0.25, 0.3) is 0 Å². The van der Waals surface area contributed by atoms with Gasteiger partial charge in [-0.15, -0.1) is 0 Å². The molecule has 0 radical (unpaired) electrons. The van der Waals surface area contributed by atoms with Crippen molar-refractivity contribution in [2.45, 2.75) is 25.9 Å². The molecule has 0 unspecified atom stereocenters. The van der Waals surface area contributed by atoms with E-state index in [1.807, 2.05) is 19.1 Å². The second-order valence-electron chi connectivity index (χ2n) is 3.94. The summed E-state index contributed by atoms with van der Waals surface area (Å²) in [6.07, 6.45) is 2.17. The molecule has 2 heteroatoms. The normalized spacial score (nSPS) is 18.9. The molecule has 15 heavy (non-hydrogen) atoms. The molecule has 1 aliphatic heterocycles. The highest BCUT2D eigenvalue weighted by molar-refractivity contribution is 5.48. The Kier molecular flexibility index (Phi) is 2.67. The van der Waals surface area contributed by atoms with Crippen LogP contribution >= 0.6 is 0 Å². The Balaban J connectivity index is 2.34. The van der Waals surface area contributed by atoms with E-state index in [1.165, 1.54) is 5.56 Å². The minimum atomic E-state index is 0.133. The van der Waals surface area contributed by atoms with E-state index in [1.54, 1.807) is 7.11 Å². The fraction of sp³-hybridized carbons (Fsp3) is 0.385. The van der Waals surface area contributed by atoms with Crippen molar-refractivity contribution < 1.29 is 9.47 Å². The van der Waals surface area contributed by atoms with Crippen molar-refractivity contribution in [3.63, 3.8) is 0 Å². The molecule has 2 rings (SSSR count). The van der Waals surface area contributed by atoms with Crippen LogP contribution in [-0.4, -0.2) is 13.2 Å². The Morgan fingerprint density at radius 1 is 1.53 bits per heavy atom. The van der Waals surface area contributed by atoms with Crippen molar-refractivity contribution in [2.24, 2.45) is 0 Å². The van der Waals surface area contributed by atoms with Crippen LogP contribution in [0.3, 0.4) is 0 Å². The van der Waals surface area contributed by atoms with Crippen molar-refractivity contribution >= 4 is 0 Å². The van der Waals surface area contributed by atoms with Crippen LogP contribution < -0.4 is 9.47 Å². The lowest BCUT2D eigenvalue weighted by molar-refractivity contribution is 0.198. The van der Waals surface area contributed by atoms with Gasteiger partial charge in [0.05, 0.1) is 7.11 Å². The zero-order chi connectivity index (χ0) is 10.8. The van der Waals surface area contributed by atoms with Gasteiger partial charge in [0.15, 0.2) is 11.5 Å². The molecule has 1 aromatic carbocycles. The molecule has 0 saturated heterocycles. The Hall–Kier alpha value is -1.44. The van der Waals surface area contributed by atoms with Gasteiger partial charge in [-0.1, -0.05) is 18.7 Å². The van der Waals surface area contributed by atoms with E-state index in [9.17, 15) is 0 Å². The average Bonchev–Trinajstić information content (AvgIpc) is 2.27. The van der Waals surface area contributed by atoms with E-state index in [2.05, 4.69) is 12.6 Å². The van der Waals surface area contributed by atoms with Crippen LogP contribution in [0.15, 0.2) is 30.4 Å². The standard InChI is InChI=1S/C13H16O2/c1-9(2)11-8-7-10-5-4-6-12(14-3)13(10)15-11/h4-6,11H,1,7-8H2,2-3H3/t11-/m1/s1. The molecule has 1 heterocycles. The summed E-state index contributed by atoms with van der Waals surface area (Å²) in [5, 5.41) is 0. The second-order valence-corrected chi connectivity index (χ2v) is 3.94. The Bertz CT molecular complexity index is 368. The van der Waals surface area contributed by atoms with E-state index in [-0.39, 0.29) is 6.10 Å². The molecule has 0 aromatic heterocycles. The van der Waals surface area contributed by atoms with Gasteiger partial charge in [-0.3, -0.25) is 0 Å². The first kappa shape index (κ1) is 10.1. The monoisotopic (exact) mass is 204 g/mol. The number of ether oxygens (including phenoxy) is 2. The van der Waals surface area contributed by atoms with Crippen molar-refractivity contribution in [2.75, 3.05) is 7.11 Å². The third-order valence-corrected chi connectivity index (χ3v) is 2.77. The highest BCUT2D eigenvalue weighted by Crippen LogP contribution is 2.37. The maximum absolute atomic E-state index is 5.89. The lowest BCUT2D eigenvalue weighted by atomic mass is 9.98. The third kappa shape index (κ3) is 1.84. The Morgan fingerprint density at radius 3 is 3.00 bits per heavy atom. The number of hydrogen-bond donors (Lipinski definition) is 0. The van der Waals surface area contributed by atoms with E-state index in [4.69, 9.17) is 9.47 Å². The predicted molar refractivity (Wildman–Crippen MR) is 60.5 cm³/mol. The van der Waals surface area contributed by atoms with Crippen molar-refractivity contribution in [1.29, 1.82) is 0 Å². The van der Waals surface area contributed by atoms with Gasteiger partial charge in [0.1, 0.15) is 6.10 Å². The van der Waals surface area contributed by atoms with E-state index in [0.29, 0.717) is 0 Å². The number of fused-ring (bicyclic) bond motifs is 1. The first-order valence-electron chi connectivity index (χ1n) is 5.20. The summed E-state index contributed by atoms with van der Waals surface area (Å²) >= 11 is 0. The second kappa shape index (κ2) is 3.97. The molecule has 0 bridgehead atoms. The minimum Gasteiger partial charge on any atom is -0.493 e. The van der Waals surface area contributed by atoms with E-state index < -0.39 is 0 Å². The maximum atomic E-state index is 5.89. The highest BCUT2D eigenvalue weighted by Gasteiger charge is 2.22. The van der Waals surface area contributed by atoms with Crippen molar-refractivity contribution in [1.82, 2.24) is 0 Å². The van der Waals surface area contributed by atoms with E-state index in [0.717, 1.165) is 29.9 Å². The molecule has 0 fully saturated rings. The Morgan fingerprint density at radius 2 is 2.33 bits per heavy atom. The molecule has 0 aliphatic carbocycles. The molecule has 0 saturated carbocycles. The summed E-state index contributed by atoms with van der Waals surface area (Å²) < 4.78 is 11.2. The molecule has 1 aliphatic rings. The highest BCUT2D eigenvalue weighted by atomic mass is 16.5. The quantitative estimate of drug-likeness (QED) is 0.689. The smallest absolute Gasteiger partial charge is 0.165 e. The summed E-state index contributed by atoms with van der Waals surface area (Å²) in [5.74, 6) is 1.71. The number of rotatable bonds is 2. The molecule has 1 atom stereocenters. The SMILES string of the molecule is C=C(C)[C@H]1CCc2cccc(OC)c2O1. The van der Waals surface area contributed by atoms with Gasteiger partial charge in [-0.2, -0.15) is 0 Å². The van der Waals surface area contributed by atoms with Gasteiger partial charge in [-0.05, 0) is 37.0 Å². The van der Waals surface area contributed by atoms with Crippen LogP contribution in [0, 0.1) is 0 Å².